The summed E-state index contributed by atoms with van der Waals surface area (Å²) in [5.74, 6) is 1.41. The number of hydrogen-bond donors (Lipinski definition) is 1. The number of aryl methyl sites for hydroxylation is 1. The van der Waals surface area contributed by atoms with Crippen LogP contribution < -0.4 is 4.43 Å². The van der Waals surface area contributed by atoms with Crippen LogP contribution in [0.2, 0.25) is 18.1 Å². The van der Waals surface area contributed by atoms with Gasteiger partial charge in [0.05, 0.1) is 24.5 Å². The van der Waals surface area contributed by atoms with Gasteiger partial charge in [0.15, 0.2) is 6.29 Å². The van der Waals surface area contributed by atoms with E-state index < -0.39 is 8.32 Å². The van der Waals surface area contributed by atoms with Crippen molar-refractivity contribution in [3.63, 3.8) is 0 Å². The fourth-order valence-electron chi connectivity index (χ4n) is 2.22. The second kappa shape index (κ2) is 7.13. The number of rotatable bonds is 4. The zero-order valence-corrected chi connectivity index (χ0v) is 17.0. The molecule has 1 aromatic heterocycles. The molecule has 1 aliphatic rings. The Labute approximate surface area is 146 Å². The molecule has 0 N–H and O–H groups in total. The van der Waals surface area contributed by atoms with E-state index in [4.69, 9.17) is 13.9 Å². The van der Waals surface area contributed by atoms with Crippen molar-refractivity contribution in [1.29, 1.82) is 0 Å². The van der Waals surface area contributed by atoms with E-state index in [0.29, 0.717) is 19.0 Å². The van der Waals surface area contributed by atoms with Gasteiger partial charge in [-0.25, -0.2) is 0 Å². The smallest absolute Gasteiger partial charge is 0.250 e. The molecule has 0 bridgehead atoms. The van der Waals surface area contributed by atoms with Crippen molar-refractivity contribution in [2.45, 2.75) is 64.3 Å². The van der Waals surface area contributed by atoms with Gasteiger partial charge in [0, 0.05) is 11.9 Å². The van der Waals surface area contributed by atoms with E-state index in [2.05, 4.69) is 51.5 Å². The third-order valence-electron chi connectivity index (χ3n) is 4.73. The van der Waals surface area contributed by atoms with E-state index in [1.165, 1.54) is 0 Å². The average molecular weight is 356 g/mol. The highest BCUT2D eigenvalue weighted by atomic mass is 32.1. The quantitative estimate of drug-likeness (QED) is 0.631. The van der Waals surface area contributed by atoms with Crippen molar-refractivity contribution in [3.8, 4) is 5.75 Å². The first-order chi connectivity index (χ1) is 10.7. The summed E-state index contributed by atoms with van der Waals surface area (Å²) in [6.45, 7) is 14.6. The number of aromatic nitrogens is 1. The summed E-state index contributed by atoms with van der Waals surface area (Å²) in [6.07, 6.45) is 2.40. The first-order valence-electron chi connectivity index (χ1n) is 8.19. The zero-order chi connectivity index (χ0) is 17.3. The predicted octanol–water partition coefficient (Wildman–Crippen LogP) is 4.64. The van der Waals surface area contributed by atoms with Crippen LogP contribution in [0.1, 0.15) is 50.3 Å². The summed E-state index contributed by atoms with van der Waals surface area (Å²) >= 11 is 4.45. The normalized spacial score (nSPS) is 17.3. The molecular formula is C17H29NO3SSi. The van der Waals surface area contributed by atoms with Crippen molar-refractivity contribution >= 4 is 20.9 Å². The monoisotopic (exact) mass is 355 g/mol. The van der Waals surface area contributed by atoms with Crippen LogP contribution in [-0.2, 0) is 15.2 Å². The van der Waals surface area contributed by atoms with E-state index in [0.717, 1.165) is 29.0 Å². The maximum absolute atomic E-state index is 6.61. The number of pyridine rings is 1. The molecule has 0 unspecified atom stereocenters. The molecule has 1 aromatic rings. The highest BCUT2D eigenvalue weighted by molar-refractivity contribution is 7.79. The Morgan fingerprint density at radius 1 is 1.30 bits per heavy atom. The van der Waals surface area contributed by atoms with Gasteiger partial charge >= 0.3 is 0 Å². The molecule has 0 saturated carbocycles. The van der Waals surface area contributed by atoms with E-state index in [1.807, 2.05) is 13.1 Å². The van der Waals surface area contributed by atoms with Crippen LogP contribution in [0.15, 0.2) is 6.20 Å². The molecule has 2 rings (SSSR count). The summed E-state index contributed by atoms with van der Waals surface area (Å²) in [4.78, 5) is 4.51. The van der Waals surface area contributed by atoms with E-state index in [9.17, 15) is 0 Å². The zero-order valence-electron chi connectivity index (χ0n) is 15.1. The van der Waals surface area contributed by atoms with Crippen molar-refractivity contribution < 1.29 is 13.9 Å². The summed E-state index contributed by atoms with van der Waals surface area (Å²) in [5.41, 5.74) is 2.87. The van der Waals surface area contributed by atoms with Crippen LogP contribution in [0.25, 0.3) is 0 Å². The SMILES string of the molecule is Cc1ncc(CS)c(C2OCCCO2)c1O[Si](C)(C)C(C)(C)C. The molecule has 6 heteroatoms. The summed E-state index contributed by atoms with van der Waals surface area (Å²) < 4.78 is 18.3. The van der Waals surface area contributed by atoms with Crippen LogP contribution in [0.4, 0.5) is 0 Å². The van der Waals surface area contributed by atoms with Crippen LogP contribution in [0, 0.1) is 6.92 Å². The molecule has 1 fully saturated rings. The molecule has 0 aliphatic carbocycles. The van der Waals surface area contributed by atoms with E-state index in [1.54, 1.807) is 0 Å². The average Bonchev–Trinajstić information content (AvgIpc) is 2.48. The fraction of sp³-hybridized carbons (Fsp3) is 0.706. The summed E-state index contributed by atoms with van der Waals surface area (Å²) in [7, 11) is -1.98. The van der Waals surface area contributed by atoms with Gasteiger partial charge in [-0.05, 0) is 37.0 Å². The van der Waals surface area contributed by atoms with E-state index in [-0.39, 0.29) is 11.3 Å². The molecule has 0 spiro atoms. The molecule has 1 saturated heterocycles. The van der Waals surface area contributed by atoms with Gasteiger partial charge in [0.25, 0.3) is 8.32 Å². The standard InChI is InChI=1S/C17H29NO3SSi/c1-12-15(21-23(5,6)17(2,3)4)14(13(11-22)10-18-12)16-19-8-7-9-20-16/h10,16,22H,7-9,11H2,1-6H3. The lowest BCUT2D eigenvalue weighted by Crippen LogP contribution is -2.44. The van der Waals surface area contributed by atoms with Gasteiger partial charge in [-0.3, -0.25) is 4.98 Å². The first kappa shape index (κ1) is 18.8. The Balaban J connectivity index is 2.48. The highest BCUT2D eigenvalue weighted by Gasteiger charge is 2.40. The van der Waals surface area contributed by atoms with Crippen LogP contribution in [0.5, 0.6) is 5.75 Å². The third kappa shape index (κ3) is 4.10. The number of thiol groups is 1. The Bertz CT molecular complexity index is 552. The number of nitrogens with zero attached hydrogens (tertiary/aromatic N) is 1. The highest BCUT2D eigenvalue weighted by Crippen LogP contribution is 2.42. The van der Waals surface area contributed by atoms with Gasteiger partial charge in [0.1, 0.15) is 5.75 Å². The maximum Gasteiger partial charge on any atom is 0.250 e. The Morgan fingerprint density at radius 2 is 1.91 bits per heavy atom. The van der Waals surface area contributed by atoms with Gasteiger partial charge < -0.3 is 13.9 Å². The minimum absolute atomic E-state index is 0.113. The first-order valence-corrected chi connectivity index (χ1v) is 11.7. The minimum atomic E-state index is -1.98. The Hall–Kier alpha value is -0.563. The van der Waals surface area contributed by atoms with Crippen molar-refractivity contribution in [2.24, 2.45) is 0 Å². The van der Waals surface area contributed by atoms with Crippen LogP contribution in [-0.4, -0.2) is 26.5 Å². The molecule has 23 heavy (non-hydrogen) atoms. The Kier molecular flexibility index (Phi) is 5.82. The van der Waals surface area contributed by atoms with Gasteiger partial charge in [-0.1, -0.05) is 20.8 Å². The molecule has 2 heterocycles. The lowest BCUT2D eigenvalue weighted by molar-refractivity contribution is -0.183. The van der Waals surface area contributed by atoms with Crippen molar-refractivity contribution in [1.82, 2.24) is 4.98 Å². The third-order valence-corrected chi connectivity index (χ3v) is 9.40. The van der Waals surface area contributed by atoms with Crippen molar-refractivity contribution in [3.05, 3.63) is 23.0 Å². The largest absolute Gasteiger partial charge is 0.542 e. The molecule has 130 valence electrons. The summed E-state index contributed by atoms with van der Waals surface area (Å²) in [6, 6.07) is 0. The molecule has 0 atom stereocenters. The number of hydrogen-bond acceptors (Lipinski definition) is 5. The lowest BCUT2D eigenvalue weighted by Gasteiger charge is -2.38. The Morgan fingerprint density at radius 3 is 2.43 bits per heavy atom. The molecule has 1 aliphatic heterocycles. The summed E-state index contributed by atoms with van der Waals surface area (Å²) in [5, 5.41) is 0.113. The van der Waals surface area contributed by atoms with Gasteiger partial charge in [0.2, 0.25) is 0 Å². The van der Waals surface area contributed by atoms with Crippen LogP contribution in [0.3, 0.4) is 0 Å². The fourth-order valence-corrected chi connectivity index (χ4v) is 3.55. The predicted molar refractivity (Wildman–Crippen MR) is 98.8 cm³/mol. The second-order valence-corrected chi connectivity index (χ2v) is 12.6. The molecule has 0 amide bonds. The number of ether oxygens (including phenoxy) is 2. The van der Waals surface area contributed by atoms with Crippen molar-refractivity contribution in [2.75, 3.05) is 13.2 Å². The lowest BCUT2D eigenvalue weighted by atomic mass is 10.1. The molecule has 4 nitrogen and oxygen atoms in total. The molecular weight excluding hydrogens is 326 g/mol. The van der Waals surface area contributed by atoms with Gasteiger partial charge in [-0.15, -0.1) is 0 Å². The molecule has 0 radical (unpaired) electrons. The molecule has 0 aromatic carbocycles. The topological polar surface area (TPSA) is 40.6 Å². The maximum atomic E-state index is 6.61. The minimum Gasteiger partial charge on any atom is -0.542 e. The van der Waals surface area contributed by atoms with Crippen LogP contribution >= 0.6 is 12.6 Å². The van der Waals surface area contributed by atoms with E-state index >= 15 is 0 Å². The van der Waals surface area contributed by atoms with Gasteiger partial charge in [-0.2, -0.15) is 12.6 Å². The second-order valence-electron chi connectivity index (χ2n) is 7.56.